The van der Waals surface area contributed by atoms with Crippen molar-refractivity contribution in [2.45, 2.75) is 26.7 Å². The van der Waals surface area contributed by atoms with Crippen molar-refractivity contribution < 1.29 is 14.3 Å². The molecule has 2 N–H and O–H groups in total. The van der Waals surface area contributed by atoms with Crippen LogP contribution < -0.4 is 10.6 Å². The predicted molar refractivity (Wildman–Crippen MR) is 120 cm³/mol. The van der Waals surface area contributed by atoms with Crippen LogP contribution in [-0.4, -0.2) is 23.6 Å². The van der Waals surface area contributed by atoms with E-state index in [1.54, 1.807) is 35.6 Å². The molecule has 1 aromatic heterocycles. The number of nitrogens with zero attached hydrogens (tertiary/aromatic N) is 1. The minimum atomic E-state index is -0.513. The quantitative estimate of drug-likeness (QED) is 0.527. The van der Waals surface area contributed by atoms with Gasteiger partial charge in [-0.1, -0.05) is 50.2 Å². The molecule has 0 aliphatic heterocycles. The number of hydrogen-bond donors (Lipinski definition) is 2. The third-order valence-corrected chi connectivity index (χ3v) is 4.98. The summed E-state index contributed by atoms with van der Waals surface area (Å²) >= 11 is 1.56. The minimum Gasteiger partial charge on any atom is -0.449 e. The summed E-state index contributed by atoms with van der Waals surface area (Å²) in [5.41, 5.74) is 3.09. The third kappa shape index (κ3) is 7.00. The van der Waals surface area contributed by atoms with Crippen LogP contribution in [-0.2, 0) is 22.4 Å². The lowest BCUT2D eigenvalue weighted by Crippen LogP contribution is -2.17. The maximum absolute atomic E-state index is 12.4. The molecule has 0 unspecified atom stereocenters. The van der Waals surface area contributed by atoms with E-state index < -0.39 is 6.09 Å². The highest BCUT2D eigenvalue weighted by Crippen LogP contribution is 2.18. The zero-order valence-corrected chi connectivity index (χ0v) is 17.9. The van der Waals surface area contributed by atoms with Crippen molar-refractivity contribution in [2.75, 3.05) is 17.2 Å². The van der Waals surface area contributed by atoms with Crippen LogP contribution in [0.4, 0.5) is 16.2 Å². The second kappa shape index (κ2) is 10.5. The molecule has 156 valence electrons. The van der Waals surface area contributed by atoms with Gasteiger partial charge in [0, 0.05) is 23.2 Å². The molecule has 0 spiro atoms. The number of benzene rings is 2. The summed E-state index contributed by atoms with van der Waals surface area (Å²) in [4.78, 5) is 28.8. The van der Waals surface area contributed by atoms with E-state index in [4.69, 9.17) is 4.74 Å². The first kappa shape index (κ1) is 21.5. The van der Waals surface area contributed by atoms with E-state index in [-0.39, 0.29) is 18.2 Å². The van der Waals surface area contributed by atoms with E-state index in [2.05, 4.69) is 27.8 Å². The van der Waals surface area contributed by atoms with Crippen LogP contribution in [0, 0.1) is 5.92 Å². The van der Waals surface area contributed by atoms with E-state index in [1.165, 1.54) is 5.56 Å². The number of nitrogens with one attached hydrogen (secondary N) is 2. The highest BCUT2D eigenvalue weighted by atomic mass is 32.1. The number of anilines is 2. The lowest BCUT2D eigenvalue weighted by molar-refractivity contribution is -0.115. The van der Waals surface area contributed by atoms with Crippen LogP contribution in [0.3, 0.4) is 0 Å². The van der Waals surface area contributed by atoms with Crippen LogP contribution in [0.25, 0.3) is 0 Å². The predicted octanol–water partition coefficient (Wildman–Crippen LogP) is 5.12. The molecule has 3 aromatic rings. The van der Waals surface area contributed by atoms with Gasteiger partial charge in [-0.3, -0.25) is 10.1 Å². The van der Waals surface area contributed by atoms with Gasteiger partial charge in [-0.25, -0.2) is 9.78 Å². The summed E-state index contributed by atoms with van der Waals surface area (Å²) in [6.07, 6.45) is 0.438. The Morgan fingerprint density at radius 2 is 1.77 bits per heavy atom. The zero-order valence-electron chi connectivity index (χ0n) is 17.1. The molecule has 0 saturated carbocycles. The van der Waals surface area contributed by atoms with Gasteiger partial charge in [0.2, 0.25) is 5.91 Å². The van der Waals surface area contributed by atoms with Gasteiger partial charge in [-0.05, 0) is 29.7 Å². The summed E-state index contributed by atoms with van der Waals surface area (Å²) in [7, 11) is 0. The number of carbonyl (C=O) groups is 2. The van der Waals surface area contributed by atoms with Crippen LogP contribution >= 0.6 is 11.3 Å². The number of thiazole rings is 1. The summed E-state index contributed by atoms with van der Waals surface area (Å²) in [6, 6.07) is 17.1. The number of carbonyl (C=O) groups excluding carboxylic acids is 2. The number of aromatic nitrogens is 1. The second-order valence-electron chi connectivity index (χ2n) is 7.32. The highest BCUT2D eigenvalue weighted by Gasteiger charge is 2.10. The monoisotopic (exact) mass is 423 g/mol. The second-order valence-corrected chi connectivity index (χ2v) is 8.26. The Labute approximate surface area is 180 Å². The first-order valence-electron chi connectivity index (χ1n) is 9.79. The van der Waals surface area contributed by atoms with Gasteiger partial charge < -0.3 is 10.1 Å². The molecule has 7 heteroatoms. The molecule has 6 nitrogen and oxygen atoms in total. The van der Waals surface area contributed by atoms with Crippen LogP contribution in [0.2, 0.25) is 0 Å². The lowest BCUT2D eigenvalue weighted by atomic mass is 10.2. The molecule has 0 bridgehead atoms. The normalized spacial score (nSPS) is 10.6. The van der Waals surface area contributed by atoms with Crippen LogP contribution in [0.15, 0.2) is 60.0 Å². The molecule has 1 heterocycles. The first-order valence-corrected chi connectivity index (χ1v) is 10.7. The molecule has 2 aromatic carbocycles. The van der Waals surface area contributed by atoms with Crippen molar-refractivity contribution in [3.63, 3.8) is 0 Å². The van der Waals surface area contributed by atoms with Crippen LogP contribution in [0.5, 0.6) is 0 Å². The summed E-state index contributed by atoms with van der Waals surface area (Å²) in [5.74, 6) is 0.103. The Kier molecular flexibility index (Phi) is 7.57. The number of rotatable bonds is 8. The molecular formula is C23H25N3O3S. The zero-order chi connectivity index (χ0) is 21.3. The van der Waals surface area contributed by atoms with Gasteiger partial charge in [0.05, 0.1) is 23.7 Å². The molecule has 3 rings (SSSR count). The molecule has 0 saturated heterocycles. The van der Waals surface area contributed by atoms with E-state index in [9.17, 15) is 9.59 Å². The fourth-order valence-corrected chi connectivity index (χ4v) is 3.55. The average Bonchev–Trinajstić information content (AvgIpc) is 3.14. The minimum absolute atomic E-state index is 0.161. The Balaban J connectivity index is 1.52. The molecule has 0 atom stereocenters. The maximum atomic E-state index is 12.4. The van der Waals surface area contributed by atoms with Gasteiger partial charge in [0.15, 0.2) is 0 Å². The van der Waals surface area contributed by atoms with Gasteiger partial charge in [-0.15, -0.1) is 11.3 Å². The van der Waals surface area contributed by atoms with Crippen molar-refractivity contribution in [2.24, 2.45) is 5.92 Å². The Bertz CT molecular complexity index is 986. The summed E-state index contributed by atoms with van der Waals surface area (Å²) in [5, 5.41) is 8.41. The Hall–Kier alpha value is -3.19. The SMILES string of the molecule is CC(C)COC(=O)Nc1cccc(NC(=O)Cc2csc(Cc3ccccc3)n2)c1. The highest BCUT2D eigenvalue weighted by molar-refractivity contribution is 7.09. The van der Waals surface area contributed by atoms with Crippen molar-refractivity contribution in [1.29, 1.82) is 0 Å². The molecule has 0 aliphatic rings. The molecule has 2 amide bonds. The number of hydrogen-bond acceptors (Lipinski definition) is 5. The number of ether oxygens (including phenoxy) is 1. The molecule has 0 aliphatic carbocycles. The smallest absolute Gasteiger partial charge is 0.411 e. The largest absolute Gasteiger partial charge is 0.449 e. The first-order chi connectivity index (χ1) is 14.5. The number of amides is 2. The molecule has 30 heavy (non-hydrogen) atoms. The maximum Gasteiger partial charge on any atom is 0.411 e. The fraction of sp³-hybridized carbons (Fsp3) is 0.261. The average molecular weight is 424 g/mol. The lowest BCUT2D eigenvalue weighted by Gasteiger charge is -2.10. The van der Waals surface area contributed by atoms with Gasteiger partial charge in [-0.2, -0.15) is 0 Å². The van der Waals surface area contributed by atoms with Gasteiger partial charge >= 0.3 is 6.09 Å². The topological polar surface area (TPSA) is 80.3 Å². The molecular weight excluding hydrogens is 398 g/mol. The van der Waals surface area contributed by atoms with E-state index in [1.807, 2.05) is 37.4 Å². The Morgan fingerprint density at radius 3 is 2.50 bits per heavy atom. The summed E-state index contributed by atoms with van der Waals surface area (Å²) < 4.78 is 5.11. The molecule has 0 radical (unpaired) electrons. The van der Waals surface area contributed by atoms with Gasteiger partial charge in [0.1, 0.15) is 0 Å². The van der Waals surface area contributed by atoms with Crippen molar-refractivity contribution in [3.05, 3.63) is 76.2 Å². The van der Waals surface area contributed by atoms with E-state index >= 15 is 0 Å². The van der Waals surface area contributed by atoms with Crippen molar-refractivity contribution in [1.82, 2.24) is 4.98 Å². The van der Waals surface area contributed by atoms with Crippen LogP contribution in [0.1, 0.15) is 30.1 Å². The van der Waals surface area contributed by atoms with E-state index in [0.29, 0.717) is 18.0 Å². The Morgan fingerprint density at radius 1 is 1.03 bits per heavy atom. The standard InChI is InChI=1S/C23H25N3O3S/c1-16(2)14-29-23(28)26-19-10-6-9-18(12-19)24-21(27)13-20-15-30-22(25-20)11-17-7-4-3-5-8-17/h3-10,12,15-16H,11,13-14H2,1-2H3,(H,24,27)(H,26,28). The summed E-state index contributed by atoms with van der Waals surface area (Å²) in [6.45, 7) is 4.29. The van der Waals surface area contributed by atoms with Gasteiger partial charge in [0.25, 0.3) is 0 Å². The molecule has 0 fully saturated rings. The van der Waals surface area contributed by atoms with Crippen molar-refractivity contribution >= 4 is 34.7 Å². The fourth-order valence-electron chi connectivity index (χ4n) is 2.72. The van der Waals surface area contributed by atoms with Crippen molar-refractivity contribution in [3.8, 4) is 0 Å². The third-order valence-electron chi connectivity index (χ3n) is 4.08. The van der Waals surface area contributed by atoms with E-state index in [0.717, 1.165) is 17.1 Å².